The fraction of sp³-hybridized carbons (Fsp3) is 0.261. The number of halogens is 1. The van der Waals surface area contributed by atoms with Gasteiger partial charge in [0, 0.05) is 48.5 Å². The van der Waals surface area contributed by atoms with E-state index in [-0.39, 0.29) is 4.90 Å². The minimum Gasteiger partial charge on any atom is -0.379 e. The Morgan fingerprint density at radius 3 is 2.56 bits per heavy atom. The molecule has 166 valence electrons. The zero-order chi connectivity index (χ0) is 22.1. The van der Waals surface area contributed by atoms with Gasteiger partial charge in [-0.15, -0.1) is 0 Å². The number of aromatic nitrogens is 3. The van der Waals surface area contributed by atoms with Gasteiger partial charge < -0.3 is 4.74 Å². The van der Waals surface area contributed by atoms with Gasteiger partial charge in [0.2, 0.25) is 0 Å². The smallest absolute Gasteiger partial charge is 0.268 e. The van der Waals surface area contributed by atoms with Crippen LogP contribution in [0.1, 0.15) is 0 Å². The molecule has 0 aliphatic carbocycles. The second-order valence-electron chi connectivity index (χ2n) is 7.76. The number of morpholine rings is 1. The molecule has 32 heavy (non-hydrogen) atoms. The Bertz CT molecular complexity index is 1340. The number of ether oxygens (including phenoxy) is 1. The molecule has 1 aliphatic rings. The number of rotatable bonds is 6. The van der Waals surface area contributed by atoms with E-state index in [1.807, 2.05) is 10.9 Å². The van der Waals surface area contributed by atoms with Gasteiger partial charge in [0.05, 0.1) is 36.4 Å². The number of hydrogen-bond acceptors (Lipinski definition) is 5. The third-order valence-electron chi connectivity index (χ3n) is 5.73. The van der Waals surface area contributed by atoms with Gasteiger partial charge in [-0.25, -0.2) is 16.8 Å². The van der Waals surface area contributed by atoms with Crippen molar-refractivity contribution in [1.82, 2.24) is 18.7 Å². The molecule has 0 atom stereocenters. The average Bonchev–Trinajstić information content (AvgIpc) is 3.43. The molecule has 0 bridgehead atoms. The Hall–Kier alpha value is -3.01. The molecule has 0 unspecified atom stereocenters. The predicted molar refractivity (Wildman–Crippen MR) is 119 cm³/mol. The third-order valence-corrected chi connectivity index (χ3v) is 7.41. The lowest BCUT2D eigenvalue weighted by Crippen LogP contribution is -2.38. The van der Waals surface area contributed by atoms with Crippen molar-refractivity contribution in [2.45, 2.75) is 11.4 Å². The van der Waals surface area contributed by atoms with Crippen molar-refractivity contribution in [2.24, 2.45) is 0 Å². The Morgan fingerprint density at radius 2 is 1.78 bits per heavy atom. The first-order valence-corrected chi connectivity index (χ1v) is 11.9. The minimum absolute atomic E-state index is 0.147. The highest BCUT2D eigenvalue weighted by Gasteiger charge is 2.22. The monoisotopic (exact) mass is 454 g/mol. The summed E-state index contributed by atoms with van der Waals surface area (Å²) >= 11 is 0. The summed E-state index contributed by atoms with van der Waals surface area (Å²) < 4.78 is 49.0. The summed E-state index contributed by atoms with van der Waals surface area (Å²) in [5, 5.41) is 5.11. The second kappa shape index (κ2) is 8.50. The SMILES string of the molecule is O=S(=O)(c1ccccc1)n1cc(-c2cnn(CCN3CCOCC3)c2)c2ccc(F)cc21. The van der Waals surface area contributed by atoms with E-state index >= 15 is 0 Å². The first kappa shape index (κ1) is 20.9. The van der Waals surface area contributed by atoms with Gasteiger partial charge in [-0.1, -0.05) is 18.2 Å². The van der Waals surface area contributed by atoms with Gasteiger partial charge in [-0.3, -0.25) is 9.58 Å². The largest absolute Gasteiger partial charge is 0.379 e. The van der Waals surface area contributed by atoms with E-state index in [4.69, 9.17) is 4.74 Å². The molecule has 0 N–H and O–H groups in total. The van der Waals surface area contributed by atoms with Gasteiger partial charge in [0.25, 0.3) is 10.0 Å². The molecule has 5 rings (SSSR count). The number of hydrogen-bond donors (Lipinski definition) is 0. The summed E-state index contributed by atoms with van der Waals surface area (Å²) in [5.74, 6) is -0.493. The summed E-state index contributed by atoms with van der Waals surface area (Å²) in [6.07, 6.45) is 5.17. The molecule has 0 radical (unpaired) electrons. The second-order valence-corrected chi connectivity index (χ2v) is 9.58. The van der Waals surface area contributed by atoms with Crippen molar-refractivity contribution >= 4 is 20.9 Å². The third kappa shape index (κ3) is 3.94. The molecule has 1 fully saturated rings. The van der Waals surface area contributed by atoms with Crippen LogP contribution < -0.4 is 0 Å². The average molecular weight is 455 g/mol. The number of nitrogens with zero attached hydrogens (tertiary/aromatic N) is 4. The molecule has 3 heterocycles. The molecule has 2 aromatic heterocycles. The maximum absolute atomic E-state index is 14.1. The molecular formula is C23H23FN4O3S. The quantitative estimate of drug-likeness (QED) is 0.448. The molecule has 1 saturated heterocycles. The van der Waals surface area contributed by atoms with Crippen molar-refractivity contribution < 1.29 is 17.5 Å². The van der Waals surface area contributed by atoms with Crippen molar-refractivity contribution in [2.75, 3.05) is 32.8 Å². The molecule has 0 amide bonds. The molecule has 7 nitrogen and oxygen atoms in total. The number of benzene rings is 2. The highest BCUT2D eigenvalue weighted by molar-refractivity contribution is 7.90. The lowest BCUT2D eigenvalue weighted by atomic mass is 10.1. The van der Waals surface area contributed by atoms with E-state index < -0.39 is 15.8 Å². The fourth-order valence-corrected chi connectivity index (χ4v) is 5.38. The molecule has 0 spiro atoms. The standard InChI is InChI=1S/C23H23FN4O3S/c24-19-6-7-21-22(18-15-25-27(16-18)9-8-26-10-12-31-13-11-26)17-28(23(21)14-19)32(29,30)20-4-2-1-3-5-20/h1-7,14-17H,8-13H2. The van der Waals surface area contributed by atoms with E-state index in [1.165, 1.54) is 24.3 Å². The van der Waals surface area contributed by atoms with Crippen LogP contribution in [0.5, 0.6) is 0 Å². The Labute approximate surface area is 185 Å². The summed E-state index contributed by atoms with van der Waals surface area (Å²) in [4.78, 5) is 2.47. The highest BCUT2D eigenvalue weighted by atomic mass is 32.2. The lowest BCUT2D eigenvalue weighted by molar-refractivity contribution is 0.0360. The van der Waals surface area contributed by atoms with Crippen LogP contribution in [0.3, 0.4) is 0 Å². The molecule has 4 aromatic rings. The van der Waals surface area contributed by atoms with Crippen LogP contribution in [0, 0.1) is 5.82 Å². The highest BCUT2D eigenvalue weighted by Crippen LogP contribution is 2.33. The molecule has 2 aromatic carbocycles. The van der Waals surface area contributed by atoms with Gasteiger partial charge in [0.1, 0.15) is 5.82 Å². The Morgan fingerprint density at radius 1 is 1.00 bits per heavy atom. The Kier molecular flexibility index (Phi) is 5.54. The molecular weight excluding hydrogens is 431 g/mol. The molecule has 0 saturated carbocycles. The topological polar surface area (TPSA) is 69.4 Å². The van der Waals surface area contributed by atoms with Crippen LogP contribution in [0.4, 0.5) is 4.39 Å². The lowest BCUT2D eigenvalue weighted by Gasteiger charge is -2.26. The fourth-order valence-electron chi connectivity index (χ4n) is 4.00. The zero-order valence-electron chi connectivity index (χ0n) is 17.4. The van der Waals surface area contributed by atoms with E-state index in [0.717, 1.165) is 48.9 Å². The molecule has 9 heteroatoms. The van der Waals surface area contributed by atoms with Gasteiger partial charge in [-0.2, -0.15) is 5.10 Å². The van der Waals surface area contributed by atoms with E-state index in [2.05, 4.69) is 10.00 Å². The van der Waals surface area contributed by atoms with Crippen LogP contribution in [0.15, 0.2) is 72.0 Å². The van der Waals surface area contributed by atoms with Crippen molar-refractivity contribution in [1.29, 1.82) is 0 Å². The van der Waals surface area contributed by atoms with Crippen LogP contribution in [0.25, 0.3) is 22.0 Å². The summed E-state index contributed by atoms with van der Waals surface area (Å²) in [6, 6.07) is 12.4. The predicted octanol–water partition coefficient (Wildman–Crippen LogP) is 3.21. The number of fused-ring (bicyclic) bond motifs is 1. The van der Waals surface area contributed by atoms with E-state index in [9.17, 15) is 12.8 Å². The maximum Gasteiger partial charge on any atom is 0.268 e. The van der Waals surface area contributed by atoms with Crippen LogP contribution >= 0.6 is 0 Å². The van der Waals surface area contributed by atoms with Crippen molar-refractivity contribution in [3.8, 4) is 11.1 Å². The molecule has 1 aliphatic heterocycles. The summed E-state index contributed by atoms with van der Waals surface area (Å²) in [7, 11) is -3.88. The van der Waals surface area contributed by atoms with Gasteiger partial charge >= 0.3 is 0 Å². The van der Waals surface area contributed by atoms with Crippen molar-refractivity contribution in [3.05, 3.63) is 72.9 Å². The zero-order valence-corrected chi connectivity index (χ0v) is 18.2. The van der Waals surface area contributed by atoms with E-state index in [1.54, 1.807) is 36.7 Å². The van der Waals surface area contributed by atoms with Crippen LogP contribution in [0.2, 0.25) is 0 Å². The summed E-state index contributed by atoms with van der Waals surface area (Å²) in [6.45, 7) is 4.89. The summed E-state index contributed by atoms with van der Waals surface area (Å²) in [5.41, 5.74) is 1.77. The van der Waals surface area contributed by atoms with Crippen molar-refractivity contribution in [3.63, 3.8) is 0 Å². The maximum atomic E-state index is 14.1. The first-order chi connectivity index (χ1) is 15.5. The van der Waals surface area contributed by atoms with Crippen LogP contribution in [-0.4, -0.2) is 59.9 Å². The first-order valence-electron chi connectivity index (χ1n) is 10.5. The Balaban J connectivity index is 1.51. The van der Waals surface area contributed by atoms with Gasteiger partial charge in [-0.05, 0) is 30.3 Å². The minimum atomic E-state index is -3.88. The van der Waals surface area contributed by atoms with Gasteiger partial charge in [0.15, 0.2) is 0 Å². The van der Waals surface area contributed by atoms with E-state index in [0.29, 0.717) is 16.5 Å². The normalized spacial score (nSPS) is 15.4. The van der Waals surface area contributed by atoms with Crippen LogP contribution in [-0.2, 0) is 21.3 Å².